The number of nitrogens with zero attached hydrogens (tertiary/aromatic N) is 2. The molecule has 4 atom stereocenters. The number of fused-ring (bicyclic) bond motifs is 4. The van der Waals surface area contributed by atoms with Gasteiger partial charge >= 0.3 is 0 Å². The Morgan fingerprint density at radius 1 is 0.833 bits per heavy atom. The molecule has 0 saturated carbocycles. The van der Waals surface area contributed by atoms with E-state index in [2.05, 4.69) is 12.1 Å². The van der Waals surface area contributed by atoms with E-state index in [1.807, 2.05) is 79.0 Å². The Bertz CT molecular complexity index is 1610. The molecule has 172 valence electrons. The van der Waals surface area contributed by atoms with Gasteiger partial charge in [-0.3, -0.25) is 9.69 Å². The van der Waals surface area contributed by atoms with E-state index in [4.69, 9.17) is 11.6 Å². The second kappa shape index (κ2) is 8.47. The summed E-state index contributed by atoms with van der Waals surface area (Å²) >= 11 is 6.11. The Balaban J connectivity index is 1.66. The number of carbonyl (C=O) groups excluding carboxylic acids is 1. The first-order valence-electron chi connectivity index (χ1n) is 11.8. The molecule has 0 amide bonds. The number of hydrogen-bond acceptors (Lipinski definition) is 3. The number of ketones is 1. The van der Waals surface area contributed by atoms with Crippen LogP contribution in [-0.2, 0) is 0 Å². The summed E-state index contributed by atoms with van der Waals surface area (Å²) in [5, 5.41) is 24.0. The van der Waals surface area contributed by atoms with Gasteiger partial charge in [0.25, 0.3) is 0 Å². The number of nitrogens with one attached hydrogen (secondary N) is 1. The highest BCUT2D eigenvalue weighted by atomic mass is 35.5. The van der Waals surface area contributed by atoms with Crippen LogP contribution in [0.3, 0.4) is 0 Å². The van der Waals surface area contributed by atoms with Crippen molar-refractivity contribution in [3.63, 3.8) is 0 Å². The summed E-state index contributed by atoms with van der Waals surface area (Å²) in [5.74, 6) is -0.765. The van der Waals surface area contributed by atoms with Gasteiger partial charge in [-0.15, -0.1) is 0 Å². The molecule has 2 aliphatic heterocycles. The molecule has 36 heavy (non-hydrogen) atoms. The largest absolute Gasteiger partial charge is 0.291 e. The first kappa shape index (κ1) is 22.3. The van der Waals surface area contributed by atoms with Crippen LogP contribution in [0.1, 0.15) is 39.0 Å². The zero-order valence-corrected chi connectivity index (χ0v) is 20.0. The van der Waals surface area contributed by atoms with Gasteiger partial charge in [-0.1, -0.05) is 78.3 Å². The van der Waals surface area contributed by atoms with E-state index in [0.717, 1.165) is 32.4 Å². The van der Waals surface area contributed by atoms with Crippen LogP contribution in [0, 0.1) is 28.1 Å². The number of carbonyl (C=O) groups is 1. The number of benzene rings is 4. The van der Waals surface area contributed by atoms with E-state index in [-0.39, 0.29) is 5.78 Å². The maximum Gasteiger partial charge on any atom is 0.221 e. The molecule has 6 rings (SSSR count). The molecular formula is C31H21ClN3O+. The van der Waals surface area contributed by atoms with Gasteiger partial charge in [0.15, 0.2) is 12.1 Å². The number of rotatable bonds is 3. The van der Waals surface area contributed by atoms with Crippen molar-refractivity contribution in [3.8, 4) is 12.1 Å². The monoisotopic (exact) mass is 486 g/mol. The number of nitriles is 2. The molecule has 0 spiro atoms. The van der Waals surface area contributed by atoms with Gasteiger partial charge < -0.3 is 0 Å². The van der Waals surface area contributed by atoms with Crippen LogP contribution < -0.4 is 4.90 Å². The van der Waals surface area contributed by atoms with Crippen LogP contribution in [-0.4, -0.2) is 11.8 Å². The minimum absolute atomic E-state index is 0.110. The third-order valence-electron chi connectivity index (χ3n) is 7.67. The molecule has 4 aromatic rings. The van der Waals surface area contributed by atoms with Crippen molar-refractivity contribution in [3.05, 3.63) is 124 Å². The van der Waals surface area contributed by atoms with E-state index in [1.54, 1.807) is 24.3 Å². The lowest BCUT2D eigenvalue weighted by atomic mass is 9.67. The van der Waals surface area contributed by atoms with E-state index >= 15 is 0 Å². The molecular weight excluding hydrogens is 466 g/mol. The van der Waals surface area contributed by atoms with Crippen molar-refractivity contribution in [2.24, 2.45) is 5.41 Å². The van der Waals surface area contributed by atoms with E-state index < -0.39 is 23.4 Å². The van der Waals surface area contributed by atoms with Crippen molar-refractivity contribution >= 4 is 34.2 Å². The first-order chi connectivity index (χ1) is 17.6. The van der Waals surface area contributed by atoms with Crippen LogP contribution in [0.5, 0.6) is 0 Å². The van der Waals surface area contributed by atoms with Gasteiger partial charge in [-0.25, -0.2) is 0 Å². The molecule has 1 saturated heterocycles. The molecule has 5 heteroatoms. The zero-order valence-electron chi connectivity index (χ0n) is 19.2. The number of quaternary nitrogens is 1. The zero-order chi connectivity index (χ0) is 24.9. The molecule has 1 unspecified atom stereocenters. The number of Topliss-reactive ketones (excluding diaryl/α,β-unsaturated/α-hetero) is 1. The summed E-state index contributed by atoms with van der Waals surface area (Å²) in [6.45, 7) is 0. The van der Waals surface area contributed by atoms with E-state index in [1.165, 1.54) is 0 Å². The van der Waals surface area contributed by atoms with E-state index in [9.17, 15) is 15.3 Å². The smallest absolute Gasteiger partial charge is 0.221 e. The van der Waals surface area contributed by atoms with Crippen molar-refractivity contribution in [2.75, 3.05) is 0 Å². The van der Waals surface area contributed by atoms with Crippen molar-refractivity contribution in [1.82, 2.24) is 0 Å². The van der Waals surface area contributed by atoms with E-state index in [0.29, 0.717) is 10.6 Å². The SMILES string of the molecule is N#CC1(C#N)[C@@H]2c3ccccc3C=C[NH+]2[C@@H](C(=O)c2ccc(Cl)cc2)[C@@H]1c1cccc2ccccc12. The molecule has 1 N–H and O–H groups in total. The predicted molar refractivity (Wildman–Crippen MR) is 139 cm³/mol. The van der Waals surface area contributed by atoms with Gasteiger partial charge in [0.2, 0.25) is 11.2 Å². The van der Waals surface area contributed by atoms with Crippen molar-refractivity contribution in [1.29, 1.82) is 10.5 Å². The quantitative estimate of drug-likeness (QED) is 0.389. The Kier molecular flexibility index (Phi) is 5.23. The summed E-state index contributed by atoms with van der Waals surface area (Å²) < 4.78 is 0. The fourth-order valence-corrected chi connectivity index (χ4v) is 6.28. The summed E-state index contributed by atoms with van der Waals surface area (Å²) in [6.07, 6.45) is 3.95. The molecule has 0 aromatic heterocycles. The Labute approximate surface area is 214 Å². The average Bonchev–Trinajstić information content (AvgIpc) is 3.23. The highest BCUT2D eigenvalue weighted by Gasteiger charge is 2.68. The third kappa shape index (κ3) is 3.13. The lowest BCUT2D eigenvalue weighted by Crippen LogP contribution is -3.11. The molecule has 2 aliphatic rings. The summed E-state index contributed by atoms with van der Waals surface area (Å²) in [6, 6.07) is 32.2. The van der Waals surface area contributed by atoms with Crippen LogP contribution >= 0.6 is 11.6 Å². The van der Waals surface area contributed by atoms with Gasteiger partial charge in [0, 0.05) is 16.1 Å². The van der Waals surface area contributed by atoms with Crippen molar-refractivity contribution < 1.29 is 9.69 Å². The molecule has 4 aromatic carbocycles. The second-order valence-corrected chi connectivity index (χ2v) is 9.82. The van der Waals surface area contributed by atoms with Gasteiger partial charge in [0.05, 0.1) is 24.3 Å². The normalized spacial score (nSPS) is 23.3. The summed E-state index contributed by atoms with van der Waals surface area (Å²) in [7, 11) is 0. The maximum atomic E-state index is 14.2. The molecule has 0 bridgehead atoms. The van der Waals surface area contributed by atoms with Gasteiger partial charge in [0.1, 0.15) is 0 Å². The highest BCUT2D eigenvalue weighted by molar-refractivity contribution is 6.30. The lowest BCUT2D eigenvalue weighted by molar-refractivity contribution is -0.885. The molecule has 2 heterocycles. The third-order valence-corrected chi connectivity index (χ3v) is 7.93. The van der Waals surface area contributed by atoms with Crippen molar-refractivity contribution in [2.45, 2.75) is 18.0 Å². The molecule has 0 radical (unpaired) electrons. The lowest BCUT2D eigenvalue weighted by Gasteiger charge is -2.29. The van der Waals surface area contributed by atoms with Gasteiger partial charge in [-0.05, 0) is 52.2 Å². The Hall–Kier alpha value is -4.22. The molecule has 1 fully saturated rings. The maximum absolute atomic E-state index is 14.2. The van der Waals surface area contributed by atoms with Crippen LogP contribution in [0.4, 0.5) is 0 Å². The average molecular weight is 487 g/mol. The number of hydrogen-bond donors (Lipinski definition) is 1. The highest BCUT2D eigenvalue weighted by Crippen LogP contribution is 2.52. The summed E-state index contributed by atoms with van der Waals surface area (Å²) in [5.41, 5.74) is 1.77. The molecule has 0 aliphatic carbocycles. The predicted octanol–water partition coefficient (Wildman–Crippen LogP) is 5.49. The summed E-state index contributed by atoms with van der Waals surface area (Å²) in [4.78, 5) is 15.1. The fraction of sp³-hybridized carbons (Fsp3) is 0.129. The fourth-order valence-electron chi connectivity index (χ4n) is 6.15. The number of halogens is 1. The second-order valence-electron chi connectivity index (χ2n) is 9.38. The van der Waals surface area contributed by atoms with Crippen LogP contribution in [0.15, 0.2) is 97.2 Å². The minimum atomic E-state index is -1.47. The van der Waals surface area contributed by atoms with Gasteiger partial charge in [-0.2, -0.15) is 10.5 Å². The standard InChI is InChI=1S/C31H20ClN3O/c32-23-14-12-22(13-15-23)29(36)28-27(26-11-5-8-20-6-1-3-9-24(20)26)31(18-33,19-34)30-25-10-4-2-7-21(25)16-17-35(28)30/h1-17,27-28,30H/p+1/t27-,28+,30-/m0/s1. The minimum Gasteiger partial charge on any atom is -0.291 e. The van der Waals surface area contributed by atoms with Crippen LogP contribution in [0.25, 0.3) is 16.8 Å². The molecule has 4 nitrogen and oxygen atoms in total. The topological polar surface area (TPSA) is 69.1 Å². The first-order valence-corrected chi connectivity index (χ1v) is 12.2. The Morgan fingerprint density at radius 2 is 1.50 bits per heavy atom. The van der Waals surface area contributed by atoms with Crippen LogP contribution in [0.2, 0.25) is 5.02 Å². The Morgan fingerprint density at radius 3 is 2.28 bits per heavy atom.